The predicted molar refractivity (Wildman–Crippen MR) is 499 cm³/mol. The summed E-state index contributed by atoms with van der Waals surface area (Å²) in [4.78, 5) is 259. The van der Waals surface area contributed by atoms with Gasteiger partial charge in [-0.25, -0.2) is 29.8 Å². The van der Waals surface area contributed by atoms with Crippen molar-refractivity contribution in [3.63, 3.8) is 0 Å². The number of hydrogen-bond donors (Lipinski definition) is 23. The number of aromatic hydroxyl groups is 1. The molecular weight excluding hydrogens is 1870 g/mol. The first-order valence-corrected chi connectivity index (χ1v) is 47.7. The molecule has 11 amide bonds. The molecule has 4 heterocycles. The minimum Gasteiger partial charge on any atom is -0.508 e. The quantitative estimate of drug-likeness (QED) is 0.00768. The highest BCUT2D eigenvalue weighted by Crippen LogP contribution is 2.33. The zero-order valence-corrected chi connectivity index (χ0v) is 79.7. The van der Waals surface area contributed by atoms with E-state index in [1.807, 2.05) is 45.0 Å². The van der Waals surface area contributed by atoms with Gasteiger partial charge in [-0.1, -0.05) is 88.1 Å². The summed E-state index contributed by atoms with van der Waals surface area (Å²) < 4.78 is 16.8. The number of hydrazine groups is 1. The summed E-state index contributed by atoms with van der Waals surface area (Å²) >= 11 is 0.999. The molecule has 138 heavy (non-hydrogen) atoms. The normalized spacial score (nSPS) is 17.4. The van der Waals surface area contributed by atoms with Crippen LogP contribution in [-0.2, 0) is 92.5 Å². The van der Waals surface area contributed by atoms with Crippen LogP contribution in [0.25, 0.3) is 0 Å². The number of hydrogen-bond acceptors (Lipinski definition) is 37. The van der Waals surface area contributed by atoms with Crippen LogP contribution in [0.3, 0.4) is 0 Å². The molecule has 0 spiro atoms. The fourth-order valence-electron chi connectivity index (χ4n) is 14.3. The van der Waals surface area contributed by atoms with Crippen LogP contribution in [-0.4, -0.2) is 312 Å². The number of aliphatic imine (C=N–C) groups is 3. The van der Waals surface area contributed by atoms with Gasteiger partial charge < -0.3 is 120 Å². The van der Waals surface area contributed by atoms with Gasteiger partial charge in [0.25, 0.3) is 17.7 Å². The monoisotopic (exact) mass is 2000 g/mol. The molecule has 6 rings (SSSR count). The number of nitrogens with two attached hydrogens (primary N) is 3. The van der Waals surface area contributed by atoms with E-state index >= 15 is 4.79 Å². The smallest absolute Gasteiger partial charge is 0.421 e. The number of nitrogens with zero attached hydrogens (tertiary/aromatic N) is 6. The minimum absolute atomic E-state index is 0.0250. The van der Waals surface area contributed by atoms with Gasteiger partial charge in [0, 0.05) is 72.6 Å². The van der Waals surface area contributed by atoms with Gasteiger partial charge in [-0.05, 0) is 131 Å². The fourth-order valence-corrected chi connectivity index (χ4v) is 17.1. The number of aliphatic hydroxyl groups excluding tert-OH is 1. The van der Waals surface area contributed by atoms with Crippen molar-refractivity contribution in [3.8, 4) is 5.75 Å². The number of rotatable bonds is 60. The average Bonchev–Trinajstić information content (AvgIpc) is 1.36. The summed E-state index contributed by atoms with van der Waals surface area (Å²) in [6.45, 7) is 11.9. The van der Waals surface area contributed by atoms with E-state index in [4.69, 9.17) is 31.4 Å². The van der Waals surface area contributed by atoms with E-state index in [1.54, 1.807) is 26.0 Å². The summed E-state index contributed by atoms with van der Waals surface area (Å²) in [6, 6.07) is -4.10. The molecule has 0 saturated carbocycles. The highest BCUT2D eigenvalue weighted by atomic mass is 33.1. The first kappa shape index (κ1) is 114. The molecule has 760 valence electrons. The number of fused-ring (bicyclic) bond motifs is 1. The number of aromatic nitrogens is 1. The van der Waals surface area contributed by atoms with Crippen LogP contribution in [0.15, 0.2) is 68.9 Å². The lowest BCUT2D eigenvalue weighted by molar-refractivity contribution is -0.161. The Balaban J connectivity index is 1.01. The Kier molecular flexibility index (Phi) is 47.4. The molecule has 1 fully saturated rings. The number of likely N-dealkylation sites (N-methyl/N-ethyl adjacent to an activating group) is 1. The Morgan fingerprint density at radius 1 is 0.696 bits per heavy atom. The van der Waals surface area contributed by atoms with Crippen molar-refractivity contribution < 1.29 is 136 Å². The number of aliphatic hydroxyl groups is 1. The second-order valence-corrected chi connectivity index (χ2v) is 36.7. The number of carbonyl (C=O) groups excluding carboxylic acids is 13. The highest BCUT2D eigenvalue weighted by Gasteiger charge is 2.42. The topological polar surface area (TPSA) is 767 Å². The van der Waals surface area contributed by atoms with E-state index < -0.39 is 249 Å². The van der Waals surface area contributed by atoms with Crippen LogP contribution >= 0.6 is 32.9 Å². The van der Waals surface area contributed by atoms with E-state index in [2.05, 4.69) is 84.0 Å². The van der Waals surface area contributed by atoms with Gasteiger partial charge in [-0.2, -0.15) is 0 Å². The second-order valence-electron chi connectivity index (χ2n) is 33.2. The maximum Gasteiger partial charge on any atom is 0.421 e. The Morgan fingerprint density at radius 3 is 1.90 bits per heavy atom. The maximum absolute atomic E-state index is 15.1. The number of carboxylic acids is 5. The third-order valence-electron chi connectivity index (χ3n) is 21.9. The van der Waals surface area contributed by atoms with E-state index in [0.29, 0.717) is 42.8 Å². The molecule has 0 bridgehead atoms. The number of phenols is 1. The second kappa shape index (κ2) is 57.4. The third-order valence-corrected chi connectivity index (χ3v) is 25.2. The summed E-state index contributed by atoms with van der Waals surface area (Å²) in [5.74, 6) is -21.6. The first-order chi connectivity index (χ1) is 65.3. The Labute approximate surface area is 805 Å². The SMILES string of the molecule is CCCC(=O)OCN(C(=O)C(NC(=O)[C@H]1CCCCN1C)[C@@H](C)CC)[C@H](C[C@@H](OC(C)=O)c1nc(C(=O)N[C@@H](Cc2ccc(O)cc2)C[C@H](C)[C@@H](O)NNC(=O)OCCSSC[C@@H](NC(=O)[C@@H](CC(=O)O)NC(=O)[C@@H](CC(=O)O)NC(=O)[C@@H](CCCNC(N)N)NC(=O)[C@@H](CC(=O)O)NC(=O)CC[C@@H](NC(=O)c2ccc(NCC3=NC4C(=O)NC(N)=NC4N=C3)cc2)C(=O)O)C(=O)O)cs1)C(C)C. The van der Waals surface area contributed by atoms with Gasteiger partial charge >= 0.3 is 47.9 Å². The Morgan fingerprint density at radius 2 is 1.31 bits per heavy atom. The molecule has 2 aromatic carbocycles. The van der Waals surface area contributed by atoms with Crippen LogP contribution < -0.4 is 86.5 Å². The van der Waals surface area contributed by atoms with Crippen molar-refractivity contribution in [1.29, 1.82) is 0 Å². The van der Waals surface area contributed by atoms with Crippen LogP contribution in [0, 0.1) is 17.8 Å². The summed E-state index contributed by atoms with van der Waals surface area (Å²) in [7, 11) is 3.61. The number of carbonyl (C=O) groups is 18. The molecular formula is C85H124N22O28S3. The number of ether oxygens (including phenoxy) is 3. The number of carboxylic acid groups (broad SMARTS) is 5. The number of aliphatic carboxylic acids is 5. The van der Waals surface area contributed by atoms with Gasteiger partial charge in [0.05, 0.1) is 37.6 Å². The summed E-state index contributed by atoms with van der Waals surface area (Å²) in [5, 5.41) is 99.6. The predicted octanol–water partition coefficient (Wildman–Crippen LogP) is -1.45. The molecule has 16 atom stereocenters. The molecule has 26 N–H and O–H groups in total. The Bertz CT molecular complexity index is 4820. The average molecular weight is 2000 g/mol. The molecule has 3 aliphatic heterocycles. The molecule has 0 radical (unpaired) electrons. The number of thiazole rings is 1. The maximum atomic E-state index is 15.1. The first-order valence-electron chi connectivity index (χ1n) is 44.4. The molecule has 3 aromatic rings. The fraction of sp³-hybridized carbons (Fsp3) is 0.576. The van der Waals surface area contributed by atoms with E-state index in [1.165, 1.54) is 59.8 Å². The highest BCUT2D eigenvalue weighted by molar-refractivity contribution is 8.76. The zero-order valence-electron chi connectivity index (χ0n) is 77.3. The molecule has 53 heteroatoms. The lowest BCUT2D eigenvalue weighted by atomic mass is 9.92. The summed E-state index contributed by atoms with van der Waals surface area (Å²) in [5.41, 5.74) is 22.8. The zero-order chi connectivity index (χ0) is 102. The number of esters is 2. The number of amides is 11. The largest absolute Gasteiger partial charge is 0.508 e. The van der Waals surface area contributed by atoms with Crippen LogP contribution in [0.2, 0.25) is 0 Å². The van der Waals surface area contributed by atoms with Crippen molar-refractivity contribution >= 4 is 163 Å². The van der Waals surface area contributed by atoms with Crippen LogP contribution in [0.4, 0.5) is 10.5 Å². The number of benzene rings is 2. The lowest BCUT2D eigenvalue weighted by Gasteiger charge is -2.39. The van der Waals surface area contributed by atoms with Gasteiger partial charge in [-0.15, -0.1) is 11.3 Å². The van der Waals surface area contributed by atoms with Crippen molar-refractivity contribution in [1.82, 2.24) is 78.8 Å². The van der Waals surface area contributed by atoms with E-state index in [9.17, 15) is 117 Å². The summed E-state index contributed by atoms with van der Waals surface area (Å²) in [6.07, 6.45) is -6.43. The molecule has 1 aromatic heterocycles. The number of phenolic OH excluding ortho intramolecular Hbond substituents is 1. The van der Waals surface area contributed by atoms with Gasteiger partial charge in [0.1, 0.15) is 77.9 Å². The van der Waals surface area contributed by atoms with Gasteiger partial charge in [0.2, 0.25) is 41.4 Å². The van der Waals surface area contributed by atoms with Crippen molar-refractivity contribution in [2.45, 2.75) is 242 Å². The van der Waals surface area contributed by atoms with E-state index in [0.717, 1.165) is 45.8 Å². The molecule has 50 nitrogen and oxygen atoms in total. The standard InChI is InChI=1S/C85H124N22O28S3/c1-9-14-66(117)134-41-107(80(127)67(43(5)10-2)101-77(125)59-16-11-12-28-106(59)8)60(42(3)4)36-61(135-45(7)108)79-100-57(39-136-79)76(124)93-49(32-46-17-23-51(109)24-18-46)31-44(6)70(118)104-105-85(132)133-29-30-137-138-40-58(82(130)131)99-75(123)56(35-65(115)116)98-74(122)55(34-64(113)114)97-72(120)52(15-13-27-89-83(86)87)95-73(121)54(33-63(111)112)94-62(110)26-25-53(81(128)129)96-71(119)47-19-21-48(22-20-47)90-37-50-38-91-69-68(92-50)78(126)103-84(88)102-69/h17-24,38-39,42-44,49,52-56,58-61,67-70,83,89-90,104,109,118H,9-16,25-37,40-41,86-87H2,1-8H3,(H,93,124)(H,94,110)(H,95,121)(H,96,119)(H,97,120)(H,98,122)(H,99,123)(H,101,125)(H,105,132)(H,111,112)(H,113,114)(H,115,116)(H,128,129)(H,130,131)(H3,88,102,103,126)/t43-,44-,49+,52+,53+,54+,55+,56+,58+,59+,60+,61+,67?,68?,69?,70+/m0/s1. The minimum atomic E-state index is -2.21. The van der Waals surface area contributed by atoms with Crippen LogP contribution in [0.5, 0.6) is 5.75 Å². The molecule has 1 saturated heterocycles. The number of guanidine groups is 1. The third kappa shape index (κ3) is 39.0. The number of nitrogens with one attached hydrogen (secondary N) is 13. The van der Waals surface area contributed by atoms with Crippen molar-refractivity contribution in [3.05, 3.63) is 75.7 Å². The van der Waals surface area contributed by atoms with Gasteiger partial charge in [0.15, 0.2) is 31.0 Å². The van der Waals surface area contributed by atoms with Crippen molar-refractivity contribution in [2.24, 2.45) is 49.9 Å². The van der Waals surface area contributed by atoms with Gasteiger partial charge in [-0.3, -0.25) is 103 Å². The molecule has 3 aliphatic rings. The number of likely N-dealkylation sites (tertiary alicyclic amines) is 1. The van der Waals surface area contributed by atoms with Crippen LogP contribution in [0.1, 0.15) is 182 Å². The Hall–Kier alpha value is -12.8. The number of piperidine rings is 1. The van der Waals surface area contributed by atoms with E-state index in [-0.39, 0.29) is 103 Å². The number of anilines is 1. The lowest BCUT2D eigenvalue weighted by Crippen LogP contribution is -2.59. The molecule has 3 unspecified atom stereocenters. The molecule has 0 aliphatic carbocycles. The van der Waals surface area contributed by atoms with Crippen molar-refractivity contribution in [2.75, 3.05) is 56.8 Å².